The average Bonchev–Trinajstić information content (AvgIpc) is 3.19. The minimum atomic E-state index is -2.98. The Labute approximate surface area is 179 Å². The van der Waals surface area contributed by atoms with Gasteiger partial charge in [-0.25, -0.2) is 0 Å². The zero-order valence-electron chi connectivity index (χ0n) is 15.9. The third-order valence-electron chi connectivity index (χ3n) is 3.80. The maximum absolute atomic E-state index is 12.5. The molecule has 0 radical (unpaired) electrons. The third-order valence-corrected chi connectivity index (χ3v) is 4.33. The molecule has 3 rings (SSSR count). The van der Waals surface area contributed by atoms with Crippen molar-refractivity contribution in [3.63, 3.8) is 0 Å². The first-order chi connectivity index (χ1) is 14.4. The number of carbonyl (C=O) groups is 1. The van der Waals surface area contributed by atoms with Crippen molar-refractivity contribution < 1.29 is 32.2 Å². The van der Waals surface area contributed by atoms with E-state index in [-0.39, 0.29) is 30.5 Å². The fraction of sp³-hybridized carbons (Fsp3) is 0.190. The molecule has 0 spiro atoms. The van der Waals surface area contributed by atoms with Gasteiger partial charge in [0.1, 0.15) is 18.1 Å². The molecule has 0 fully saturated rings. The SMILES string of the molecule is CCOc1cc(NC(=O)c2ccc(COc3ccc(Br)cc3)o2)ccc1OC(F)F. The van der Waals surface area contributed by atoms with Gasteiger partial charge in [-0.15, -0.1) is 0 Å². The van der Waals surface area contributed by atoms with Gasteiger partial charge in [0, 0.05) is 16.2 Å². The van der Waals surface area contributed by atoms with Crippen LogP contribution in [-0.4, -0.2) is 19.1 Å². The second-order valence-electron chi connectivity index (χ2n) is 5.94. The summed E-state index contributed by atoms with van der Waals surface area (Å²) in [7, 11) is 0. The van der Waals surface area contributed by atoms with Gasteiger partial charge in [-0.1, -0.05) is 15.9 Å². The number of rotatable bonds is 9. The normalized spacial score (nSPS) is 10.7. The number of hydrogen-bond acceptors (Lipinski definition) is 5. The van der Waals surface area contributed by atoms with E-state index in [1.54, 1.807) is 25.1 Å². The number of anilines is 1. The van der Waals surface area contributed by atoms with Crippen LogP contribution in [0.4, 0.5) is 14.5 Å². The molecule has 9 heteroatoms. The monoisotopic (exact) mass is 481 g/mol. The van der Waals surface area contributed by atoms with Crippen LogP contribution in [0.2, 0.25) is 0 Å². The van der Waals surface area contributed by atoms with Crippen molar-refractivity contribution in [3.8, 4) is 17.2 Å². The van der Waals surface area contributed by atoms with E-state index in [0.717, 1.165) is 4.47 Å². The van der Waals surface area contributed by atoms with Gasteiger partial charge in [0.25, 0.3) is 5.91 Å². The van der Waals surface area contributed by atoms with E-state index in [1.807, 2.05) is 12.1 Å². The molecule has 1 N–H and O–H groups in total. The van der Waals surface area contributed by atoms with Gasteiger partial charge in [-0.3, -0.25) is 4.79 Å². The number of benzene rings is 2. The molecule has 1 aromatic heterocycles. The second-order valence-corrected chi connectivity index (χ2v) is 6.85. The number of halogens is 3. The first-order valence-corrected chi connectivity index (χ1v) is 9.74. The molecule has 1 amide bonds. The van der Waals surface area contributed by atoms with Crippen LogP contribution in [0.15, 0.2) is 63.5 Å². The molecule has 6 nitrogen and oxygen atoms in total. The molecule has 3 aromatic rings. The van der Waals surface area contributed by atoms with Crippen LogP contribution in [0.5, 0.6) is 17.2 Å². The number of alkyl halides is 2. The van der Waals surface area contributed by atoms with Crippen molar-refractivity contribution in [1.82, 2.24) is 0 Å². The molecule has 0 aliphatic rings. The maximum atomic E-state index is 12.5. The van der Waals surface area contributed by atoms with Crippen LogP contribution in [0.1, 0.15) is 23.2 Å². The number of ether oxygens (including phenoxy) is 3. The van der Waals surface area contributed by atoms with Crippen LogP contribution >= 0.6 is 15.9 Å². The predicted molar refractivity (Wildman–Crippen MR) is 109 cm³/mol. The Kier molecular flexibility index (Phi) is 7.29. The van der Waals surface area contributed by atoms with Crippen LogP contribution in [-0.2, 0) is 6.61 Å². The highest BCUT2D eigenvalue weighted by atomic mass is 79.9. The lowest BCUT2D eigenvalue weighted by Crippen LogP contribution is -2.11. The smallest absolute Gasteiger partial charge is 0.387 e. The molecule has 0 unspecified atom stereocenters. The van der Waals surface area contributed by atoms with Gasteiger partial charge in [-0.05, 0) is 55.5 Å². The van der Waals surface area contributed by atoms with E-state index >= 15 is 0 Å². The Morgan fingerprint density at radius 3 is 2.53 bits per heavy atom. The highest BCUT2D eigenvalue weighted by molar-refractivity contribution is 9.10. The minimum Gasteiger partial charge on any atom is -0.490 e. The van der Waals surface area contributed by atoms with Crippen molar-refractivity contribution in [2.75, 3.05) is 11.9 Å². The summed E-state index contributed by atoms with van der Waals surface area (Å²) in [6, 6.07) is 14.6. The Hall–Kier alpha value is -3.07. The number of hydrogen-bond donors (Lipinski definition) is 1. The summed E-state index contributed by atoms with van der Waals surface area (Å²) in [5.41, 5.74) is 0.342. The van der Waals surface area contributed by atoms with Crippen molar-refractivity contribution in [2.45, 2.75) is 20.1 Å². The standard InChI is InChI=1S/C21H18BrF2NO5/c1-2-27-19-11-14(5-9-17(19)30-21(23)24)25-20(26)18-10-8-16(29-18)12-28-15-6-3-13(22)4-7-15/h3-11,21H,2,12H2,1H3,(H,25,26). The van der Waals surface area contributed by atoms with E-state index in [0.29, 0.717) is 17.2 Å². The van der Waals surface area contributed by atoms with E-state index in [2.05, 4.69) is 26.0 Å². The molecule has 0 saturated heterocycles. The van der Waals surface area contributed by atoms with Crippen molar-refractivity contribution in [1.29, 1.82) is 0 Å². The molecule has 0 aliphatic heterocycles. The largest absolute Gasteiger partial charge is 0.490 e. The summed E-state index contributed by atoms with van der Waals surface area (Å²) in [5, 5.41) is 2.63. The summed E-state index contributed by atoms with van der Waals surface area (Å²) in [6.45, 7) is -0.871. The highest BCUT2D eigenvalue weighted by Crippen LogP contribution is 2.32. The summed E-state index contributed by atoms with van der Waals surface area (Å²) in [4.78, 5) is 12.4. The molecule has 0 saturated carbocycles. The molecule has 0 aliphatic carbocycles. The number of furan rings is 1. The predicted octanol–water partition coefficient (Wildman–Crippen LogP) is 5.87. The van der Waals surface area contributed by atoms with E-state index in [9.17, 15) is 13.6 Å². The van der Waals surface area contributed by atoms with Crippen LogP contribution < -0.4 is 19.5 Å². The Balaban J connectivity index is 1.63. The van der Waals surface area contributed by atoms with Crippen LogP contribution in [0.25, 0.3) is 0 Å². The third kappa shape index (κ3) is 5.96. The molecule has 0 atom stereocenters. The molecule has 2 aromatic carbocycles. The van der Waals surface area contributed by atoms with E-state index in [1.165, 1.54) is 24.3 Å². The summed E-state index contributed by atoms with van der Waals surface area (Å²) in [6.07, 6.45) is 0. The fourth-order valence-corrected chi connectivity index (χ4v) is 2.77. The summed E-state index contributed by atoms with van der Waals surface area (Å²) < 4.78 is 46.8. The van der Waals surface area contributed by atoms with E-state index < -0.39 is 12.5 Å². The Morgan fingerprint density at radius 1 is 1.07 bits per heavy atom. The fourth-order valence-electron chi connectivity index (χ4n) is 2.50. The topological polar surface area (TPSA) is 69.9 Å². The van der Waals surface area contributed by atoms with Crippen LogP contribution in [0.3, 0.4) is 0 Å². The van der Waals surface area contributed by atoms with Crippen LogP contribution in [0, 0.1) is 0 Å². The van der Waals surface area contributed by atoms with Gasteiger partial charge >= 0.3 is 6.61 Å². The Morgan fingerprint density at radius 2 is 1.83 bits per heavy atom. The lowest BCUT2D eigenvalue weighted by molar-refractivity contribution is -0.0514. The zero-order valence-corrected chi connectivity index (χ0v) is 17.4. The highest BCUT2D eigenvalue weighted by Gasteiger charge is 2.15. The van der Waals surface area contributed by atoms with E-state index in [4.69, 9.17) is 13.9 Å². The summed E-state index contributed by atoms with van der Waals surface area (Å²) in [5.74, 6) is 0.688. The first-order valence-electron chi connectivity index (χ1n) is 8.94. The molecule has 30 heavy (non-hydrogen) atoms. The number of nitrogens with one attached hydrogen (secondary N) is 1. The van der Waals surface area contributed by atoms with Gasteiger partial charge in [-0.2, -0.15) is 8.78 Å². The van der Waals surface area contributed by atoms with Gasteiger partial charge in [0.15, 0.2) is 17.3 Å². The van der Waals surface area contributed by atoms with Gasteiger partial charge in [0.2, 0.25) is 0 Å². The second kappa shape index (κ2) is 10.1. The lowest BCUT2D eigenvalue weighted by atomic mass is 10.2. The van der Waals surface area contributed by atoms with Gasteiger partial charge < -0.3 is 23.9 Å². The number of amides is 1. The number of carbonyl (C=O) groups excluding carboxylic acids is 1. The quantitative estimate of drug-likeness (QED) is 0.413. The van der Waals surface area contributed by atoms with Gasteiger partial charge in [0.05, 0.1) is 6.61 Å². The first kappa shape index (κ1) is 21.6. The average molecular weight is 482 g/mol. The molecule has 1 heterocycles. The zero-order chi connectivity index (χ0) is 21.5. The summed E-state index contributed by atoms with van der Waals surface area (Å²) >= 11 is 3.35. The molecule has 0 bridgehead atoms. The minimum absolute atomic E-state index is 0.0790. The van der Waals surface area contributed by atoms with Crippen molar-refractivity contribution in [3.05, 3.63) is 70.6 Å². The maximum Gasteiger partial charge on any atom is 0.387 e. The molecule has 158 valence electrons. The Bertz CT molecular complexity index is 991. The van der Waals surface area contributed by atoms with Crippen molar-refractivity contribution >= 4 is 27.5 Å². The molecular weight excluding hydrogens is 464 g/mol. The molecular formula is C21H18BrF2NO5. The van der Waals surface area contributed by atoms with Crippen molar-refractivity contribution in [2.24, 2.45) is 0 Å². The lowest BCUT2D eigenvalue weighted by Gasteiger charge is -2.13.